The fraction of sp³-hybridized carbons (Fsp3) is 0.435. The van der Waals surface area contributed by atoms with Crippen LogP contribution in [0.2, 0.25) is 0 Å². The number of nitrogens with one attached hydrogen (secondary N) is 3. The predicted octanol–water partition coefficient (Wildman–Crippen LogP) is 3.06. The van der Waals surface area contributed by atoms with Crippen molar-refractivity contribution in [2.45, 2.75) is 38.3 Å². The zero-order valence-corrected chi connectivity index (χ0v) is 17.4. The molecular weight excluding hydrogens is 348 g/mol. The zero-order chi connectivity index (χ0) is 20.4. The molecule has 0 aliphatic heterocycles. The van der Waals surface area contributed by atoms with Gasteiger partial charge in [-0.2, -0.15) is 0 Å². The quantitative estimate of drug-likeness (QED) is 0.397. The molecule has 0 bridgehead atoms. The van der Waals surface area contributed by atoms with Gasteiger partial charge in [-0.05, 0) is 31.9 Å². The van der Waals surface area contributed by atoms with E-state index in [0.29, 0.717) is 6.54 Å². The average molecular weight is 383 g/mol. The van der Waals surface area contributed by atoms with Crippen molar-refractivity contribution in [2.75, 3.05) is 26.7 Å². The van der Waals surface area contributed by atoms with Crippen molar-refractivity contribution in [1.82, 2.24) is 16.0 Å². The van der Waals surface area contributed by atoms with Gasteiger partial charge in [-0.15, -0.1) is 0 Å². The summed E-state index contributed by atoms with van der Waals surface area (Å²) in [4.78, 5) is 4.31. The molecule has 0 heterocycles. The summed E-state index contributed by atoms with van der Waals surface area (Å²) in [5.41, 5.74) is 2.27. The lowest BCUT2D eigenvalue weighted by Gasteiger charge is -2.31. The molecule has 0 amide bonds. The lowest BCUT2D eigenvalue weighted by molar-refractivity contribution is 0.265. The molecule has 4 N–H and O–H groups in total. The topological polar surface area (TPSA) is 68.7 Å². The second-order valence-corrected chi connectivity index (χ2v) is 7.76. The molecule has 28 heavy (non-hydrogen) atoms. The van der Waals surface area contributed by atoms with E-state index in [1.165, 1.54) is 5.56 Å². The number of aliphatic imine (C=N–C) groups is 1. The van der Waals surface area contributed by atoms with Crippen molar-refractivity contribution < 1.29 is 5.11 Å². The molecule has 2 aromatic carbocycles. The third-order valence-electron chi connectivity index (χ3n) is 4.84. The highest BCUT2D eigenvalue weighted by atomic mass is 16.3. The first-order valence-electron chi connectivity index (χ1n) is 9.88. The largest absolute Gasteiger partial charge is 0.396 e. The van der Waals surface area contributed by atoms with E-state index in [-0.39, 0.29) is 24.1 Å². The standard InChI is InChI=1S/C23H34N4O/c1-18(19-11-7-5-8-12-19)27-23(2,3)17-26-22(24-4)25-15-21(16-28)20-13-9-6-10-14-20/h5-14,18,21,27-28H,15-17H2,1-4H3,(H2,24,25,26). The Kier molecular flexibility index (Phi) is 8.48. The summed E-state index contributed by atoms with van der Waals surface area (Å²) in [6.45, 7) is 7.96. The first-order chi connectivity index (χ1) is 13.4. The Morgan fingerprint density at radius 3 is 2.07 bits per heavy atom. The molecule has 0 aliphatic carbocycles. The van der Waals surface area contributed by atoms with E-state index in [4.69, 9.17) is 0 Å². The second-order valence-electron chi connectivity index (χ2n) is 7.76. The molecule has 0 saturated heterocycles. The first-order valence-corrected chi connectivity index (χ1v) is 9.88. The number of benzene rings is 2. The maximum Gasteiger partial charge on any atom is 0.191 e. The molecule has 0 aromatic heterocycles. The Morgan fingerprint density at radius 1 is 0.964 bits per heavy atom. The molecular formula is C23H34N4O. The van der Waals surface area contributed by atoms with E-state index in [1.807, 2.05) is 36.4 Å². The van der Waals surface area contributed by atoms with Crippen LogP contribution in [-0.2, 0) is 0 Å². The number of rotatable bonds is 9. The number of aliphatic hydroxyl groups is 1. The Bertz CT molecular complexity index is 716. The van der Waals surface area contributed by atoms with E-state index < -0.39 is 0 Å². The summed E-state index contributed by atoms with van der Waals surface area (Å²) >= 11 is 0. The molecule has 2 atom stereocenters. The summed E-state index contributed by atoms with van der Waals surface area (Å²) in [6.07, 6.45) is 0. The Hall–Kier alpha value is -2.37. The van der Waals surface area contributed by atoms with Crippen LogP contribution in [0.15, 0.2) is 65.7 Å². The smallest absolute Gasteiger partial charge is 0.191 e. The average Bonchev–Trinajstić information content (AvgIpc) is 2.71. The van der Waals surface area contributed by atoms with Crippen LogP contribution in [-0.4, -0.2) is 43.3 Å². The first kappa shape index (κ1) is 21.9. The highest BCUT2D eigenvalue weighted by Crippen LogP contribution is 2.16. The zero-order valence-electron chi connectivity index (χ0n) is 17.4. The van der Waals surface area contributed by atoms with E-state index in [1.54, 1.807) is 7.05 Å². The molecule has 2 aromatic rings. The fourth-order valence-electron chi connectivity index (χ4n) is 3.22. The van der Waals surface area contributed by atoms with Crippen molar-refractivity contribution in [3.63, 3.8) is 0 Å². The molecule has 0 radical (unpaired) electrons. The summed E-state index contributed by atoms with van der Waals surface area (Å²) < 4.78 is 0. The van der Waals surface area contributed by atoms with Gasteiger partial charge in [0.1, 0.15) is 0 Å². The fourth-order valence-corrected chi connectivity index (χ4v) is 3.22. The number of nitrogens with zero attached hydrogens (tertiary/aromatic N) is 1. The number of hydrogen-bond acceptors (Lipinski definition) is 3. The number of aliphatic hydroxyl groups excluding tert-OH is 1. The minimum Gasteiger partial charge on any atom is -0.396 e. The van der Waals surface area contributed by atoms with Crippen molar-refractivity contribution in [2.24, 2.45) is 4.99 Å². The van der Waals surface area contributed by atoms with Crippen LogP contribution in [0.3, 0.4) is 0 Å². The van der Waals surface area contributed by atoms with Crippen LogP contribution < -0.4 is 16.0 Å². The van der Waals surface area contributed by atoms with Crippen molar-refractivity contribution in [3.8, 4) is 0 Å². The van der Waals surface area contributed by atoms with E-state index in [9.17, 15) is 5.11 Å². The monoisotopic (exact) mass is 382 g/mol. The Morgan fingerprint density at radius 2 is 1.54 bits per heavy atom. The second kappa shape index (κ2) is 10.8. The third kappa shape index (κ3) is 6.98. The molecule has 0 fully saturated rings. The third-order valence-corrected chi connectivity index (χ3v) is 4.84. The van der Waals surface area contributed by atoms with Gasteiger partial charge in [0.2, 0.25) is 0 Å². The van der Waals surface area contributed by atoms with Gasteiger partial charge in [0.15, 0.2) is 5.96 Å². The van der Waals surface area contributed by atoms with Crippen molar-refractivity contribution in [3.05, 3.63) is 71.8 Å². The molecule has 5 nitrogen and oxygen atoms in total. The van der Waals surface area contributed by atoms with Crippen LogP contribution in [0.1, 0.15) is 43.9 Å². The van der Waals surface area contributed by atoms with Gasteiger partial charge in [-0.1, -0.05) is 60.7 Å². The predicted molar refractivity (Wildman–Crippen MR) is 118 cm³/mol. The summed E-state index contributed by atoms with van der Waals surface area (Å²) in [7, 11) is 1.76. The SMILES string of the molecule is CN=C(NCC(CO)c1ccccc1)NCC(C)(C)NC(C)c1ccccc1. The van der Waals surface area contributed by atoms with Gasteiger partial charge < -0.3 is 21.1 Å². The van der Waals surface area contributed by atoms with Gasteiger partial charge in [0.05, 0.1) is 6.61 Å². The molecule has 2 unspecified atom stereocenters. The molecule has 0 saturated carbocycles. The van der Waals surface area contributed by atoms with Crippen LogP contribution in [0, 0.1) is 0 Å². The molecule has 2 rings (SSSR count). The minimum absolute atomic E-state index is 0.0315. The lowest BCUT2D eigenvalue weighted by Crippen LogP contribution is -2.52. The van der Waals surface area contributed by atoms with Gasteiger partial charge in [0, 0.05) is 37.6 Å². The highest BCUT2D eigenvalue weighted by molar-refractivity contribution is 5.79. The van der Waals surface area contributed by atoms with Gasteiger partial charge in [-0.25, -0.2) is 0 Å². The Balaban J connectivity index is 1.85. The van der Waals surface area contributed by atoms with E-state index in [0.717, 1.165) is 18.1 Å². The minimum atomic E-state index is -0.122. The van der Waals surface area contributed by atoms with Gasteiger partial charge >= 0.3 is 0 Å². The van der Waals surface area contributed by atoms with Gasteiger partial charge in [-0.3, -0.25) is 4.99 Å². The highest BCUT2D eigenvalue weighted by Gasteiger charge is 2.21. The van der Waals surface area contributed by atoms with E-state index >= 15 is 0 Å². The van der Waals surface area contributed by atoms with E-state index in [2.05, 4.69) is 66.0 Å². The maximum atomic E-state index is 9.72. The van der Waals surface area contributed by atoms with Crippen LogP contribution in [0.25, 0.3) is 0 Å². The molecule has 0 spiro atoms. The molecule has 0 aliphatic rings. The van der Waals surface area contributed by atoms with Crippen molar-refractivity contribution in [1.29, 1.82) is 0 Å². The van der Waals surface area contributed by atoms with Crippen LogP contribution in [0.5, 0.6) is 0 Å². The normalized spacial score (nSPS) is 14.4. The maximum absolute atomic E-state index is 9.72. The summed E-state index contributed by atoms with van der Waals surface area (Å²) in [5.74, 6) is 0.764. The molecule has 152 valence electrons. The summed E-state index contributed by atoms with van der Waals surface area (Å²) in [5, 5.41) is 20.1. The molecule has 5 heteroatoms. The lowest BCUT2D eigenvalue weighted by atomic mass is 10.00. The number of hydrogen-bond donors (Lipinski definition) is 4. The Labute approximate surface area is 169 Å². The summed E-state index contributed by atoms with van der Waals surface area (Å²) in [6, 6.07) is 20.7. The number of guanidine groups is 1. The van der Waals surface area contributed by atoms with Crippen molar-refractivity contribution >= 4 is 5.96 Å². The van der Waals surface area contributed by atoms with Crippen LogP contribution in [0.4, 0.5) is 0 Å². The van der Waals surface area contributed by atoms with Gasteiger partial charge in [0.25, 0.3) is 0 Å². The van der Waals surface area contributed by atoms with Crippen LogP contribution >= 0.6 is 0 Å².